The van der Waals surface area contributed by atoms with Crippen molar-refractivity contribution < 1.29 is 24.2 Å². The average Bonchev–Trinajstić information content (AvgIpc) is 2.46. The van der Waals surface area contributed by atoms with Crippen LogP contribution < -0.4 is 15.4 Å². The number of carbonyl (C=O) groups excluding carboxylic acids is 2. The van der Waals surface area contributed by atoms with E-state index in [0.29, 0.717) is 31.7 Å². The lowest BCUT2D eigenvalue weighted by Crippen LogP contribution is -2.51. The van der Waals surface area contributed by atoms with E-state index in [0.717, 1.165) is 0 Å². The van der Waals surface area contributed by atoms with Crippen LogP contribution in [-0.4, -0.2) is 42.1 Å². The van der Waals surface area contributed by atoms with Gasteiger partial charge in [0, 0.05) is 13.0 Å². The number of carboxylic acids is 1. The summed E-state index contributed by atoms with van der Waals surface area (Å²) in [6.07, 6.45) is 0.818. The maximum absolute atomic E-state index is 11.5. The second kappa shape index (κ2) is 6.85. The number of piperidine rings is 1. The summed E-state index contributed by atoms with van der Waals surface area (Å²) in [6.45, 7) is 0.789. The Labute approximate surface area is 121 Å². The van der Waals surface area contributed by atoms with Crippen LogP contribution in [0.2, 0.25) is 0 Å². The first-order valence-corrected chi connectivity index (χ1v) is 6.59. The van der Waals surface area contributed by atoms with E-state index in [9.17, 15) is 14.4 Å². The molecule has 1 aliphatic heterocycles. The summed E-state index contributed by atoms with van der Waals surface area (Å²) in [6, 6.07) is 5.71. The largest absolute Gasteiger partial charge is 0.492 e. The summed E-state index contributed by atoms with van der Waals surface area (Å²) in [5.74, 6) is -0.976. The van der Waals surface area contributed by atoms with Gasteiger partial charge in [0.15, 0.2) is 0 Å². The summed E-state index contributed by atoms with van der Waals surface area (Å²) in [4.78, 5) is 33.2. The van der Waals surface area contributed by atoms with Gasteiger partial charge in [-0.05, 0) is 30.7 Å². The van der Waals surface area contributed by atoms with E-state index < -0.39 is 5.97 Å². The molecule has 112 valence electrons. The van der Waals surface area contributed by atoms with Gasteiger partial charge < -0.3 is 15.2 Å². The van der Waals surface area contributed by atoms with Crippen LogP contribution in [0.3, 0.4) is 0 Å². The van der Waals surface area contributed by atoms with Crippen LogP contribution >= 0.6 is 0 Å². The lowest BCUT2D eigenvalue weighted by Gasteiger charge is -2.21. The minimum Gasteiger partial charge on any atom is -0.492 e. The molecule has 2 amide bonds. The van der Waals surface area contributed by atoms with Crippen molar-refractivity contribution in [2.75, 3.05) is 13.2 Å². The van der Waals surface area contributed by atoms with Crippen LogP contribution in [-0.2, 0) is 9.59 Å². The van der Waals surface area contributed by atoms with Gasteiger partial charge in [0.25, 0.3) is 0 Å². The molecule has 1 saturated heterocycles. The molecule has 1 unspecified atom stereocenters. The number of carbonyl (C=O) groups is 3. The Balaban J connectivity index is 1.71. The van der Waals surface area contributed by atoms with Gasteiger partial charge in [-0.1, -0.05) is 0 Å². The molecule has 0 radical (unpaired) electrons. The van der Waals surface area contributed by atoms with E-state index in [2.05, 4.69) is 10.6 Å². The number of amides is 2. The van der Waals surface area contributed by atoms with Gasteiger partial charge in [-0.3, -0.25) is 14.9 Å². The standard InChI is InChI=1S/C14H16N2O5/c17-12-6-5-11(13(18)16-12)15-7-8-21-10-3-1-9(2-4-10)14(19)20/h1-4,11,15H,5-8H2,(H,19,20)(H,16,17,18). The van der Waals surface area contributed by atoms with Crippen molar-refractivity contribution >= 4 is 17.8 Å². The van der Waals surface area contributed by atoms with Crippen LogP contribution in [0.4, 0.5) is 0 Å². The SMILES string of the molecule is O=C1CCC(NCCOc2ccc(C(=O)O)cc2)C(=O)N1. The molecule has 1 aromatic rings. The minimum absolute atomic E-state index is 0.198. The number of hydrogen-bond acceptors (Lipinski definition) is 5. The molecule has 0 bridgehead atoms. The second-order valence-corrected chi connectivity index (χ2v) is 4.64. The second-order valence-electron chi connectivity index (χ2n) is 4.64. The molecule has 1 heterocycles. The van der Waals surface area contributed by atoms with Gasteiger partial charge in [-0.25, -0.2) is 4.79 Å². The van der Waals surface area contributed by atoms with E-state index in [-0.39, 0.29) is 23.4 Å². The van der Waals surface area contributed by atoms with Crippen LogP contribution in [0.15, 0.2) is 24.3 Å². The van der Waals surface area contributed by atoms with Gasteiger partial charge >= 0.3 is 5.97 Å². The summed E-state index contributed by atoms with van der Waals surface area (Å²) in [7, 11) is 0. The van der Waals surface area contributed by atoms with E-state index >= 15 is 0 Å². The van der Waals surface area contributed by atoms with Crippen molar-refractivity contribution in [2.24, 2.45) is 0 Å². The molecule has 1 atom stereocenters. The number of aromatic carboxylic acids is 1. The zero-order valence-corrected chi connectivity index (χ0v) is 11.3. The highest BCUT2D eigenvalue weighted by Gasteiger charge is 2.25. The van der Waals surface area contributed by atoms with E-state index in [4.69, 9.17) is 9.84 Å². The predicted octanol–water partition coefficient (Wildman–Crippen LogP) is 0.158. The molecule has 3 N–H and O–H groups in total. The molecule has 0 saturated carbocycles. The molecule has 1 aliphatic rings. The molecule has 2 rings (SSSR count). The van der Waals surface area contributed by atoms with Crippen LogP contribution in [0.1, 0.15) is 23.2 Å². The van der Waals surface area contributed by atoms with Gasteiger partial charge in [0.05, 0.1) is 11.6 Å². The zero-order valence-electron chi connectivity index (χ0n) is 11.3. The first-order valence-electron chi connectivity index (χ1n) is 6.59. The lowest BCUT2D eigenvalue weighted by atomic mass is 10.1. The van der Waals surface area contributed by atoms with Crippen LogP contribution in [0, 0.1) is 0 Å². The monoisotopic (exact) mass is 292 g/mol. The first-order chi connectivity index (χ1) is 10.1. The van der Waals surface area contributed by atoms with Gasteiger partial charge in [0.1, 0.15) is 12.4 Å². The molecule has 7 heteroatoms. The summed E-state index contributed by atoms with van der Waals surface area (Å²) < 4.78 is 5.43. The Morgan fingerprint density at radius 1 is 1.33 bits per heavy atom. The van der Waals surface area contributed by atoms with Crippen molar-refractivity contribution in [3.05, 3.63) is 29.8 Å². The van der Waals surface area contributed by atoms with Gasteiger partial charge in [-0.15, -0.1) is 0 Å². The predicted molar refractivity (Wildman–Crippen MR) is 73.1 cm³/mol. The summed E-state index contributed by atoms with van der Waals surface area (Å²) >= 11 is 0. The molecular formula is C14H16N2O5. The lowest BCUT2D eigenvalue weighted by molar-refractivity contribution is -0.134. The van der Waals surface area contributed by atoms with Crippen molar-refractivity contribution in [3.8, 4) is 5.75 Å². The van der Waals surface area contributed by atoms with Crippen LogP contribution in [0.25, 0.3) is 0 Å². The fraction of sp³-hybridized carbons (Fsp3) is 0.357. The van der Waals surface area contributed by atoms with Crippen molar-refractivity contribution in [3.63, 3.8) is 0 Å². The number of rotatable bonds is 6. The number of benzene rings is 1. The van der Waals surface area contributed by atoms with Gasteiger partial charge in [-0.2, -0.15) is 0 Å². The Hall–Kier alpha value is -2.41. The highest BCUT2D eigenvalue weighted by molar-refractivity contribution is 6.00. The maximum Gasteiger partial charge on any atom is 0.335 e. The number of carboxylic acid groups (broad SMARTS) is 1. The Morgan fingerprint density at radius 3 is 2.67 bits per heavy atom. The smallest absolute Gasteiger partial charge is 0.335 e. The van der Waals surface area contributed by atoms with Crippen LogP contribution in [0.5, 0.6) is 5.75 Å². The Bertz CT molecular complexity index is 541. The molecule has 0 aromatic heterocycles. The highest BCUT2D eigenvalue weighted by Crippen LogP contribution is 2.12. The highest BCUT2D eigenvalue weighted by atomic mass is 16.5. The number of imide groups is 1. The molecule has 7 nitrogen and oxygen atoms in total. The van der Waals surface area contributed by atoms with E-state index in [1.165, 1.54) is 12.1 Å². The average molecular weight is 292 g/mol. The van der Waals surface area contributed by atoms with Crippen molar-refractivity contribution in [1.82, 2.24) is 10.6 Å². The fourth-order valence-corrected chi connectivity index (χ4v) is 1.98. The Kier molecular flexibility index (Phi) is 4.89. The molecule has 0 aliphatic carbocycles. The molecular weight excluding hydrogens is 276 g/mol. The third kappa shape index (κ3) is 4.28. The summed E-state index contributed by atoms with van der Waals surface area (Å²) in [5, 5.41) is 14.0. The fourth-order valence-electron chi connectivity index (χ4n) is 1.98. The summed E-state index contributed by atoms with van der Waals surface area (Å²) in [5.41, 5.74) is 0.198. The molecule has 1 aromatic carbocycles. The third-order valence-corrected chi connectivity index (χ3v) is 3.10. The minimum atomic E-state index is -0.985. The van der Waals surface area contributed by atoms with Crippen molar-refractivity contribution in [1.29, 1.82) is 0 Å². The zero-order chi connectivity index (χ0) is 15.2. The topological polar surface area (TPSA) is 105 Å². The number of hydrogen-bond donors (Lipinski definition) is 3. The number of nitrogens with one attached hydrogen (secondary N) is 2. The molecule has 1 fully saturated rings. The van der Waals surface area contributed by atoms with E-state index in [1.54, 1.807) is 12.1 Å². The van der Waals surface area contributed by atoms with Gasteiger partial charge in [0.2, 0.25) is 11.8 Å². The normalized spacial score (nSPS) is 18.2. The maximum atomic E-state index is 11.5. The number of ether oxygens (including phenoxy) is 1. The first kappa shape index (κ1) is 15.0. The van der Waals surface area contributed by atoms with Crippen molar-refractivity contribution in [2.45, 2.75) is 18.9 Å². The molecule has 0 spiro atoms. The quantitative estimate of drug-likeness (QED) is 0.509. The van der Waals surface area contributed by atoms with E-state index in [1.807, 2.05) is 0 Å². The molecule has 21 heavy (non-hydrogen) atoms. The Morgan fingerprint density at radius 2 is 2.05 bits per heavy atom. The third-order valence-electron chi connectivity index (χ3n) is 3.10.